The van der Waals surface area contributed by atoms with Crippen molar-refractivity contribution in [2.45, 2.75) is 0 Å². The smallest absolute Gasteiger partial charge is 1.00 e. The molecule has 0 fully saturated rings. The fraction of sp³-hybridized carbons (Fsp3) is 0. The third kappa shape index (κ3) is 25.9. The van der Waals surface area contributed by atoms with Crippen LogP contribution >= 0.6 is 0 Å². The molecule has 0 aromatic heterocycles. The van der Waals surface area contributed by atoms with Crippen LogP contribution in [-0.2, 0) is 19.5 Å². The fourth-order valence-corrected chi connectivity index (χ4v) is 0. The maximum atomic E-state index is 0. The SMILES string of the molecule is O.[I-].[I-].[I-].[I-].[Ru+4]. The van der Waals surface area contributed by atoms with Crippen molar-refractivity contribution in [3.05, 3.63) is 0 Å². The summed E-state index contributed by atoms with van der Waals surface area (Å²) in [6.45, 7) is 0. The van der Waals surface area contributed by atoms with Gasteiger partial charge in [-0.1, -0.05) is 0 Å². The molecule has 0 aromatic carbocycles. The third-order valence-electron chi connectivity index (χ3n) is 0. The van der Waals surface area contributed by atoms with Crippen LogP contribution in [0.4, 0.5) is 0 Å². The van der Waals surface area contributed by atoms with Gasteiger partial charge in [-0.25, -0.2) is 0 Å². The van der Waals surface area contributed by atoms with Crippen molar-refractivity contribution >= 4 is 0 Å². The minimum Gasteiger partial charge on any atom is -1.00 e. The first-order valence-electron chi connectivity index (χ1n) is 0. The Bertz CT molecular complexity index is 7.51. The Hall–Kier alpha value is 3.50. The monoisotopic (exact) mass is 628 g/mol. The van der Waals surface area contributed by atoms with E-state index in [-0.39, 0.29) is 121 Å². The minimum atomic E-state index is 0. The molecule has 0 aliphatic carbocycles. The van der Waals surface area contributed by atoms with Crippen molar-refractivity contribution in [2.75, 3.05) is 0 Å². The summed E-state index contributed by atoms with van der Waals surface area (Å²) in [5, 5.41) is 0. The summed E-state index contributed by atoms with van der Waals surface area (Å²) < 4.78 is 0. The molecule has 1 nitrogen and oxygen atoms in total. The third-order valence-corrected chi connectivity index (χ3v) is 0. The molecule has 0 saturated carbocycles. The predicted molar refractivity (Wildman–Crippen MR) is 3.61 cm³/mol. The largest absolute Gasteiger partial charge is 4.00 e. The Morgan fingerprint density at radius 1 is 0.500 bits per heavy atom. The van der Waals surface area contributed by atoms with Gasteiger partial charge in [0, 0.05) is 0 Å². The maximum absolute atomic E-state index is 0. The van der Waals surface area contributed by atoms with Crippen molar-refractivity contribution in [3.8, 4) is 0 Å². The van der Waals surface area contributed by atoms with Gasteiger partial charge in [0.2, 0.25) is 0 Å². The summed E-state index contributed by atoms with van der Waals surface area (Å²) in [6, 6.07) is 0. The van der Waals surface area contributed by atoms with Crippen LogP contribution in [0.25, 0.3) is 0 Å². The van der Waals surface area contributed by atoms with Crippen molar-refractivity contribution in [2.24, 2.45) is 0 Å². The Labute approximate surface area is 118 Å². The molecule has 0 spiro atoms. The molecule has 0 aliphatic rings. The molecule has 0 aliphatic heterocycles. The summed E-state index contributed by atoms with van der Waals surface area (Å²) in [4.78, 5) is 0. The summed E-state index contributed by atoms with van der Waals surface area (Å²) in [7, 11) is 0. The van der Waals surface area contributed by atoms with E-state index in [0.29, 0.717) is 0 Å². The first-order chi connectivity index (χ1) is 0. The summed E-state index contributed by atoms with van der Waals surface area (Å²) >= 11 is 0. The van der Waals surface area contributed by atoms with Crippen LogP contribution in [0.1, 0.15) is 0 Å². The van der Waals surface area contributed by atoms with Crippen molar-refractivity contribution < 1.29 is 121 Å². The maximum Gasteiger partial charge on any atom is 4.00 e. The van der Waals surface area contributed by atoms with Gasteiger partial charge >= 0.3 is 19.5 Å². The summed E-state index contributed by atoms with van der Waals surface area (Å²) in [5.74, 6) is 0. The minimum absolute atomic E-state index is 0. The molecule has 0 rings (SSSR count). The first-order valence-corrected chi connectivity index (χ1v) is 0. The van der Waals surface area contributed by atoms with Gasteiger partial charge in [-0.05, 0) is 0 Å². The molecule has 0 atom stereocenters. The van der Waals surface area contributed by atoms with E-state index in [2.05, 4.69) is 0 Å². The van der Waals surface area contributed by atoms with Gasteiger partial charge in [0.15, 0.2) is 0 Å². The van der Waals surface area contributed by atoms with Gasteiger partial charge in [0.25, 0.3) is 0 Å². The van der Waals surface area contributed by atoms with Crippen LogP contribution < -0.4 is 95.9 Å². The number of rotatable bonds is 0. The second-order valence-corrected chi connectivity index (χ2v) is 0. The fourth-order valence-electron chi connectivity index (χ4n) is 0. The van der Waals surface area contributed by atoms with Crippen LogP contribution in [0, 0.1) is 0 Å². The topological polar surface area (TPSA) is 31.5 Å². The van der Waals surface area contributed by atoms with Crippen molar-refractivity contribution in [1.82, 2.24) is 0 Å². The zero-order chi connectivity index (χ0) is 0. The average molecular weight is 627 g/mol. The van der Waals surface area contributed by atoms with Gasteiger partial charge in [-0.2, -0.15) is 0 Å². The molecular formula is H2I4ORu. The zero-order valence-electron chi connectivity index (χ0n) is 2.37. The predicted octanol–water partition coefficient (Wildman–Crippen LogP) is -12.8. The quantitative estimate of drug-likeness (QED) is 0.189. The standard InChI is InChI=1S/4HI.H2O.Ru/h4*1H;1H2;/q;;;;;+4/p-4. The van der Waals surface area contributed by atoms with Gasteiger partial charge < -0.3 is 101 Å². The van der Waals surface area contributed by atoms with E-state index in [1.165, 1.54) is 0 Å². The molecule has 0 bridgehead atoms. The van der Waals surface area contributed by atoms with Crippen molar-refractivity contribution in [1.29, 1.82) is 0 Å². The summed E-state index contributed by atoms with van der Waals surface area (Å²) in [5.41, 5.74) is 0. The second kappa shape index (κ2) is 39.0. The van der Waals surface area contributed by atoms with E-state index in [1.54, 1.807) is 0 Å². The first kappa shape index (κ1) is 56.0. The zero-order valence-corrected chi connectivity index (χ0v) is 12.7. The van der Waals surface area contributed by atoms with Gasteiger partial charge in [0.1, 0.15) is 0 Å². The van der Waals surface area contributed by atoms with E-state index < -0.39 is 0 Å². The molecule has 6 heteroatoms. The van der Waals surface area contributed by atoms with E-state index in [0.717, 1.165) is 0 Å². The molecule has 44 valence electrons. The van der Waals surface area contributed by atoms with Crippen LogP contribution in [0.5, 0.6) is 0 Å². The molecule has 0 aromatic rings. The number of hydrogen-bond donors (Lipinski definition) is 0. The Morgan fingerprint density at radius 2 is 0.500 bits per heavy atom. The Balaban J connectivity index is 0. The number of hydrogen-bond acceptors (Lipinski definition) is 0. The van der Waals surface area contributed by atoms with Crippen LogP contribution in [0.3, 0.4) is 0 Å². The van der Waals surface area contributed by atoms with Crippen LogP contribution in [0.2, 0.25) is 0 Å². The molecule has 0 radical (unpaired) electrons. The summed E-state index contributed by atoms with van der Waals surface area (Å²) in [6.07, 6.45) is 0. The Kier molecular flexibility index (Phi) is 364. The van der Waals surface area contributed by atoms with Crippen LogP contribution in [-0.4, -0.2) is 5.48 Å². The van der Waals surface area contributed by atoms with Gasteiger partial charge in [-0.3, -0.25) is 0 Å². The second-order valence-electron chi connectivity index (χ2n) is 0. The molecule has 6 heavy (non-hydrogen) atoms. The normalized spacial score (nSPS) is 0. The molecule has 0 unspecified atom stereocenters. The van der Waals surface area contributed by atoms with Crippen molar-refractivity contribution in [3.63, 3.8) is 0 Å². The van der Waals surface area contributed by atoms with Crippen LogP contribution in [0.15, 0.2) is 0 Å². The Morgan fingerprint density at radius 3 is 0.500 bits per heavy atom. The molecule has 0 saturated heterocycles. The van der Waals surface area contributed by atoms with E-state index in [4.69, 9.17) is 0 Å². The number of halogens is 4. The van der Waals surface area contributed by atoms with Gasteiger partial charge in [0.05, 0.1) is 0 Å². The molecule has 0 heterocycles. The van der Waals surface area contributed by atoms with Gasteiger partial charge in [-0.15, -0.1) is 0 Å². The molecular weight excluding hydrogens is 625 g/mol. The van der Waals surface area contributed by atoms with E-state index in [9.17, 15) is 0 Å². The van der Waals surface area contributed by atoms with E-state index >= 15 is 0 Å². The average Bonchev–Trinajstić information content (AvgIpc) is 0. The molecule has 2 N–H and O–H groups in total. The molecule has 0 amide bonds. The van der Waals surface area contributed by atoms with E-state index in [1.807, 2.05) is 0 Å².